The highest BCUT2D eigenvalue weighted by molar-refractivity contribution is 5.77. The minimum absolute atomic E-state index is 0.121. The number of esters is 1. The quantitative estimate of drug-likeness (QED) is 0.352. The van der Waals surface area contributed by atoms with Crippen LogP contribution in [0.3, 0.4) is 0 Å². The zero-order chi connectivity index (χ0) is 21.9. The summed E-state index contributed by atoms with van der Waals surface area (Å²) in [6.07, 6.45) is 4.23. The monoisotopic (exact) mass is 410 g/mol. The Hall–Kier alpha value is -2.82. The number of carbonyl (C=O) groups is 1. The second-order valence-corrected chi connectivity index (χ2v) is 8.48. The fraction of sp³-hybridized carbons (Fsp3) is 0.440. The maximum atomic E-state index is 11.9. The summed E-state index contributed by atoms with van der Waals surface area (Å²) in [5.41, 5.74) is 2.31. The van der Waals surface area contributed by atoms with Crippen LogP contribution >= 0.6 is 0 Å². The molecule has 3 rings (SSSR count). The number of ether oxygens (including phenoxy) is 2. The first-order valence-corrected chi connectivity index (χ1v) is 10.3. The molecule has 2 aromatic rings. The molecule has 3 atom stereocenters. The molecule has 0 bridgehead atoms. The fourth-order valence-corrected chi connectivity index (χ4v) is 4.70. The van der Waals surface area contributed by atoms with Crippen molar-refractivity contribution in [1.82, 2.24) is 0 Å². The molecule has 1 aliphatic rings. The third kappa shape index (κ3) is 4.50. The van der Waals surface area contributed by atoms with Crippen LogP contribution in [0, 0.1) is 17.3 Å². The van der Waals surface area contributed by atoms with Crippen LogP contribution in [-0.2, 0) is 9.53 Å². The van der Waals surface area contributed by atoms with Gasteiger partial charge < -0.3 is 13.9 Å². The standard InChI is InChI=1S/C25H30O5/c1-16(2)20-10-6-17(3)21(25(20,4)13-12-23(26)28-5)15-29-19-9-7-18-8-11-24(27)30-22(18)14-19/h6-9,11,14,20-21H,1,10,12-13,15H2,2-5H3/t20-,21+,25+/m0/s1. The first kappa shape index (κ1) is 21.9. The van der Waals surface area contributed by atoms with Crippen molar-refractivity contribution in [2.45, 2.75) is 40.0 Å². The second-order valence-electron chi connectivity index (χ2n) is 8.48. The number of benzene rings is 1. The Balaban J connectivity index is 1.85. The second kappa shape index (κ2) is 8.90. The first-order chi connectivity index (χ1) is 14.2. The van der Waals surface area contributed by atoms with Gasteiger partial charge in [0.2, 0.25) is 0 Å². The van der Waals surface area contributed by atoms with Gasteiger partial charge in [0.1, 0.15) is 11.3 Å². The highest BCUT2D eigenvalue weighted by Gasteiger charge is 2.44. The van der Waals surface area contributed by atoms with Crippen molar-refractivity contribution in [1.29, 1.82) is 0 Å². The Morgan fingerprint density at radius 3 is 2.73 bits per heavy atom. The molecule has 0 fully saturated rings. The molecule has 30 heavy (non-hydrogen) atoms. The summed E-state index contributed by atoms with van der Waals surface area (Å²) in [6, 6.07) is 8.65. The van der Waals surface area contributed by atoms with Crippen molar-refractivity contribution in [3.05, 3.63) is 64.6 Å². The summed E-state index contributed by atoms with van der Waals surface area (Å²) in [4.78, 5) is 23.4. The zero-order valence-electron chi connectivity index (χ0n) is 18.2. The Bertz CT molecular complexity index is 1030. The van der Waals surface area contributed by atoms with Crippen LogP contribution in [0.25, 0.3) is 11.0 Å². The van der Waals surface area contributed by atoms with Gasteiger partial charge in [-0.2, -0.15) is 0 Å². The summed E-state index contributed by atoms with van der Waals surface area (Å²) in [5, 5.41) is 0.848. The minimum atomic E-state index is -0.384. The Morgan fingerprint density at radius 2 is 2.03 bits per heavy atom. The highest BCUT2D eigenvalue weighted by atomic mass is 16.5. The Labute approximate surface area is 177 Å². The molecule has 1 heterocycles. The summed E-state index contributed by atoms with van der Waals surface area (Å²) in [7, 11) is 1.42. The lowest BCUT2D eigenvalue weighted by Gasteiger charge is -2.47. The summed E-state index contributed by atoms with van der Waals surface area (Å²) >= 11 is 0. The van der Waals surface area contributed by atoms with Gasteiger partial charge in [-0.3, -0.25) is 4.79 Å². The molecule has 0 amide bonds. The Kier molecular flexibility index (Phi) is 6.49. The molecule has 0 spiro atoms. The van der Waals surface area contributed by atoms with Gasteiger partial charge in [-0.15, -0.1) is 0 Å². The molecule has 1 aromatic carbocycles. The van der Waals surface area contributed by atoms with Crippen LogP contribution in [0.15, 0.2) is 63.3 Å². The summed E-state index contributed by atoms with van der Waals surface area (Å²) in [5.74, 6) is 0.829. The van der Waals surface area contributed by atoms with E-state index >= 15 is 0 Å². The van der Waals surface area contributed by atoms with Crippen LogP contribution in [0.4, 0.5) is 0 Å². The average Bonchev–Trinajstić information content (AvgIpc) is 2.71. The fourth-order valence-electron chi connectivity index (χ4n) is 4.70. The van der Waals surface area contributed by atoms with E-state index in [4.69, 9.17) is 13.9 Å². The number of allylic oxidation sites excluding steroid dienone is 2. The molecule has 1 aromatic heterocycles. The van der Waals surface area contributed by atoms with Crippen molar-refractivity contribution < 1.29 is 18.7 Å². The van der Waals surface area contributed by atoms with Crippen molar-refractivity contribution in [3.63, 3.8) is 0 Å². The smallest absolute Gasteiger partial charge is 0.336 e. The number of rotatable bonds is 7. The van der Waals surface area contributed by atoms with Gasteiger partial charge >= 0.3 is 11.6 Å². The number of fused-ring (bicyclic) bond motifs is 1. The molecular weight excluding hydrogens is 380 g/mol. The largest absolute Gasteiger partial charge is 0.493 e. The third-order valence-corrected chi connectivity index (χ3v) is 6.52. The summed E-state index contributed by atoms with van der Waals surface area (Å²) in [6.45, 7) is 11.1. The molecule has 0 radical (unpaired) electrons. The average molecular weight is 411 g/mol. The lowest BCUT2D eigenvalue weighted by Crippen LogP contribution is -2.42. The van der Waals surface area contributed by atoms with Crippen LogP contribution < -0.4 is 10.4 Å². The van der Waals surface area contributed by atoms with E-state index in [0.29, 0.717) is 30.8 Å². The van der Waals surface area contributed by atoms with E-state index < -0.39 is 0 Å². The number of methoxy groups -OCH3 is 1. The third-order valence-electron chi connectivity index (χ3n) is 6.52. The van der Waals surface area contributed by atoms with Gasteiger partial charge in [-0.05, 0) is 56.2 Å². The molecule has 0 saturated carbocycles. The predicted octanol–water partition coefficient (Wildman–Crippen LogP) is 5.29. The van der Waals surface area contributed by atoms with E-state index in [0.717, 1.165) is 17.4 Å². The lowest BCUT2D eigenvalue weighted by atomic mass is 9.58. The van der Waals surface area contributed by atoms with Crippen LogP contribution in [-0.4, -0.2) is 19.7 Å². The molecule has 5 heteroatoms. The molecule has 5 nitrogen and oxygen atoms in total. The molecule has 160 valence electrons. The number of hydrogen-bond donors (Lipinski definition) is 0. The zero-order valence-corrected chi connectivity index (χ0v) is 18.2. The number of hydrogen-bond acceptors (Lipinski definition) is 5. The first-order valence-electron chi connectivity index (χ1n) is 10.3. The molecule has 0 aliphatic heterocycles. The lowest BCUT2D eigenvalue weighted by molar-refractivity contribution is -0.141. The highest BCUT2D eigenvalue weighted by Crippen LogP contribution is 2.51. The minimum Gasteiger partial charge on any atom is -0.493 e. The van der Waals surface area contributed by atoms with Gasteiger partial charge in [-0.1, -0.05) is 30.7 Å². The van der Waals surface area contributed by atoms with Gasteiger partial charge in [0, 0.05) is 29.9 Å². The molecule has 0 saturated heterocycles. The van der Waals surface area contributed by atoms with E-state index in [1.54, 1.807) is 12.1 Å². The topological polar surface area (TPSA) is 65.7 Å². The van der Waals surface area contributed by atoms with Crippen molar-refractivity contribution in [3.8, 4) is 5.75 Å². The van der Waals surface area contributed by atoms with Gasteiger partial charge in [0.15, 0.2) is 0 Å². The van der Waals surface area contributed by atoms with E-state index in [2.05, 4.69) is 33.4 Å². The van der Waals surface area contributed by atoms with Gasteiger partial charge in [0.05, 0.1) is 13.7 Å². The summed E-state index contributed by atoms with van der Waals surface area (Å²) < 4.78 is 16.3. The number of carbonyl (C=O) groups excluding carboxylic acids is 1. The van der Waals surface area contributed by atoms with E-state index in [9.17, 15) is 9.59 Å². The molecule has 1 aliphatic carbocycles. The molecule has 0 unspecified atom stereocenters. The van der Waals surface area contributed by atoms with Crippen molar-refractivity contribution >= 4 is 16.9 Å². The van der Waals surface area contributed by atoms with Gasteiger partial charge in [0.25, 0.3) is 0 Å². The van der Waals surface area contributed by atoms with E-state index in [1.807, 2.05) is 12.1 Å². The molecular formula is C25H30O5. The van der Waals surface area contributed by atoms with Crippen LogP contribution in [0.2, 0.25) is 0 Å². The predicted molar refractivity (Wildman–Crippen MR) is 118 cm³/mol. The van der Waals surface area contributed by atoms with Crippen LogP contribution in [0.5, 0.6) is 5.75 Å². The van der Waals surface area contributed by atoms with Crippen LogP contribution in [0.1, 0.15) is 40.0 Å². The Morgan fingerprint density at radius 1 is 1.30 bits per heavy atom. The van der Waals surface area contributed by atoms with E-state index in [-0.39, 0.29) is 28.8 Å². The maximum Gasteiger partial charge on any atom is 0.336 e. The van der Waals surface area contributed by atoms with Gasteiger partial charge in [-0.25, -0.2) is 4.79 Å². The van der Waals surface area contributed by atoms with E-state index in [1.165, 1.54) is 18.7 Å². The van der Waals surface area contributed by atoms with Crippen molar-refractivity contribution in [2.24, 2.45) is 17.3 Å². The normalized spacial score (nSPS) is 23.7. The maximum absolute atomic E-state index is 11.9. The SMILES string of the molecule is C=C(C)[C@@H]1CC=C(C)[C@@H](COc2ccc3ccc(=O)oc3c2)[C@]1(C)CCC(=O)OC. The van der Waals surface area contributed by atoms with Crippen molar-refractivity contribution in [2.75, 3.05) is 13.7 Å². The molecule has 0 N–H and O–H groups in total.